The Labute approximate surface area is 196 Å². The van der Waals surface area contributed by atoms with E-state index in [1.54, 1.807) is 0 Å². The maximum absolute atomic E-state index is 12.0. The Morgan fingerprint density at radius 2 is 1.77 bits per heavy atom. The quantitative estimate of drug-likeness (QED) is 0.133. The number of hydrogen-bond acceptors (Lipinski definition) is 14. The Bertz CT molecular complexity index is 938. The van der Waals surface area contributed by atoms with E-state index >= 15 is 0 Å². The zero-order valence-electron chi connectivity index (χ0n) is 18.5. The smallest absolute Gasteiger partial charge is 0.411 e. The summed E-state index contributed by atoms with van der Waals surface area (Å²) < 4.78 is 14.9. The number of nitrogens with one attached hydrogen (secondary N) is 4. The molecule has 1 aliphatic heterocycles. The van der Waals surface area contributed by atoms with Crippen molar-refractivity contribution in [2.24, 2.45) is 0 Å². The van der Waals surface area contributed by atoms with Gasteiger partial charge in [-0.2, -0.15) is 0 Å². The molecular weight excluding hydrogens is 480 g/mol. The summed E-state index contributed by atoms with van der Waals surface area (Å²) >= 11 is 0. The van der Waals surface area contributed by atoms with Crippen LogP contribution >= 0.6 is 0 Å². The van der Waals surface area contributed by atoms with Crippen LogP contribution in [0.3, 0.4) is 0 Å². The summed E-state index contributed by atoms with van der Waals surface area (Å²) in [5.74, 6) is -0.315. The van der Waals surface area contributed by atoms with Crippen molar-refractivity contribution >= 4 is 17.6 Å². The van der Waals surface area contributed by atoms with Gasteiger partial charge in [0.15, 0.2) is 12.0 Å². The van der Waals surface area contributed by atoms with Crippen LogP contribution < -0.4 is 21.9 Å². The number of aromatic amines is 2. The molecule has 0 aliphatic carbocycles. The molecule has 0 unspecified atom stereocenters. The number of rotatable bonds is 11. The fourth-order valence-corrected chi connectivity index (χ4v) is 3.09. The summed E-state index contributed by atoms with van der Waals surface area (Å²) in [5, 5.41) is 73.6. The van der Waals surface area contributed by atoms with E-state index in [-0.39, 0.29) is 12.4 Å². The molecule has 1 fully saturated rings. The number of ether oxygens (including phenoxy) is 3. The zero-order valence-corrected chi connectivity index (χ0v) is 18.5. The van der Waals surface area contributed by atoms with Gasteiger partial charge >= 0.3 is 11.8 Å². The molecule has 1 aromatic heterocycles. The van der Waals surface area contributed by atoms with E-state index in [1.165, 1.54) is 6.92 Å². The third-order valence-electron chi connectivity index (χ3n) is 5.00. The van der Waals surface area contributed by atoms with Gasteiger partial charge in [-0.15, -0.1) is 0 Å². The number of anilines is 2. The second kappa shape index (κ2) is 12.9. The first-order valence-corrected chi connectivity index (χ1v) is 10.5. The topological polar surface area (TPSA) is 276 Å². The molecule has 1 aliphatic rings. The monoisotopic (exact) mass is 510 g/mol. The standard InChI is InChI=1S/C18H30N4O13/c1-2-33-18(32)20-9-14(21-17(31)22-15(9)30)19-3-6(24)10(26)7(25)5-34-16-13(29)12(28)11(27)8(4-23)35-16/h6-8,10-13,16,23-29H,2-5H2,1H3,(H,20,32)(H3,19,21,22,30,31)/t6-,7-,8-,10+,11+,12+,13-,16+/m1/s1. The van der Waals surface area contributed by atoms with Gasteiger partial charge in [0, 0.05) is 6.54 Å². The SMILES string of the molecule is CCOC(=O)Nc1c(NC[C@@H](O)[C@H](O)[C@H](O)CO[C@H]2O[C@H](CO)[C@H](O)[C@H](O)[C@H]2O)[nH]c(=O)[nH]c1=O. The van der Waals surface area contributed by atoms with Gasteiger partial charge in [-0.05, 0) is 6.92 Å². The highest BCUT2D eigenvalue weighted by molar-refractivity contribution is 5.87. The molecule has 0 spiro atoms. The van der Waals surface area contributed by atoms with E-state index in [0.29, 0.717) is 0 Å². The van der Waals surface area contributed by atoms with Crippen LogP contribution in [0.15, 0.2) is 9.59 Å². The molecule has 0 aromatic carbocycles. The summed E-state index contributed by atoms with van der Waals surface area (Å²) in [6, 6.07) is 0. The van der Waals surface area contributed by atoms with Gasteiger partial charge in [-0.1, -0.05) is 0 Å². The molecule has 1 amide bonds. The molecule has 1 aromatic rings. The number of aromatic nitrogens is 2. The molecule has 200 valence electrons. The van der Waals surface area contributed by atoms with Gasteiger partial charge in [0.25, 0.3) is 5.56 Å². The fourth-order valence-electron chi connectivity index (χ4n) is 3.09. The lowest BCUT2D eigenvalue weighted by atomic mass is 9.99. The van der Waals surface area contributed by atoms with Crippen molar-refractivity contribution in [3.63, 3.8) is 0 Å². The first-order valence-electron chi connectivity index (χ1n) is 10.5. The van der Waals surface area contributed by atoms with Crippen molar-refractivity contribution in [1.82, 2.24) is 9.97 Å². The third kappa shape index (κ3) is 7.43. The minimum Gasteiger partial charge on any atom is -0.450 e. The van der Waals surface area contributed by atoms with Gasteiger partial charge in [0.2, 0.25) is 0 Å². The van der Waals surface area contributed by atoms with Crippen molar-refractivity contribution in [3.8, 4) is 0 Å². The van der Waals surface area contributed by atoms with Crippen LogP contribution in [0.5, 0.6) is 0 Å². The van der Waals surface area contributed by atoms with E-state index in [4.69, 9.17) is 14.6 Å². The summed E-state index contributed by atoms with van der Waals surface area (Å²) in [5.41, 5.74) is -2.35. The normalized spacial score (nSPS) is 27.0. The molecule has 17 nitrogen and oxygen atoms in total. The highest BCUT2D eigenvalue weighted by atomic mass is 16.7. The molecule has 0 saturated carbocycles. The number of carbonyl (C=O) groups excluding carboxylic acids is 1. The Morgan fingerprint density at radius 1 is 1.09 bits per heavy atom. The minimum atomic E-state index is -1.86. The first-order chi connectivity index (χ1) is 16.5. The van der Waals surface area contributed by atoms with Crippen molar-refractivity contribution in [2.75, 3.05) is 37.0 Å². The average Bonchev–Trinajstić information content (AvgIpc) is 2.81. The second-order valence-electron chi connectivity index (χ2n) is 7.54. The lowest BCUT2D eigenvalue weighted by Gasteiger charge is -2.40. The molecule has 2 rings (SSSR count). The van der Waals surface area contributed by atoms with Crippen molar-refractivity contribution in [3.05, 3.63) is 20.8 Å². The van der Waals surface area contributed by atoms with E-state index in [1.807, 2.05) is 4.98 Å². The zero-order chi connectivity index (χ0) is 26.3. The van der Waals surface area contributed by atoms with Crippen LogP contribution in [-0.2, 0) is 14.2 Å². The predicted octanol–water partition coefficient (Wildman–Crippen LogP) is -5.06. The predicted molar refractivity (Wildman–Crippen MR) is 115 cm³/mol. The van der Waals surface area contributed by atoms with Gasteiger partial charge in [0.1, 0.15) is 42.4 Å². The molecule has 0 bridgehead atoms. The number of aliphatic hydroxyl groups excluding tert-OH is 7. The molecule has 1 saturated heterocycles. The van der Waals surface area contributed by atoms with Crippen LogP contribution in [0.1, 0.15) is 6.92 Å². The number of amides is 1. The number of carbonyl (C=O) groups is 1. The Balaban J connectivity index is 1.96. The maximum Gasteiger partial charge on any atom is 0.411 e. The highest BCUT2D eigenvalue weighted by Crippen LogP contribution is 2.22. The van der Waals surface area contributed by atoms with Crippen molar-refractivity contribution in [1.29, 1.82) is 0 Å². The fraction of sp³-hybridized carbons (Fsp3) is 0.722. The Morgan fingerprint density at radius 3 is 2.40 bits per heavy atom. The summed E-state index contributed by atoms with van der Waals surface area (Å²) in [6.45, 7) is -0.407. The lowest BCUT2D eigenvalue weighted by Crippen LogP contribution is -2.59. The molecule has 2 heterocycles. The van der Waals surface area contributed by atoms with Gasteiger partial charge < -0.3 is 55.3 Å². The minimum absolute atomic E-state index is 0.00381. The summed E-state index contributed by atoms with van der Waals surface area (Å²) in [4.78, 5) is 39.3. The van der Waals surface area contributed by atoms with Crippen LogP contribution in [0.2, 0.25) is 0 Å². The third-order valence-corrected chi connectivity index (χ3v) is 5.00. The average molecular weight is 510 g/mol. The molecule has 0 radical (unpaired) electrons. The van der Waals surface area contributed by atoms with Crippen molar-refractivity contribution in [2.45, 2.75) is 55.9 Å². The van der Waals surface area contributed by atoms with E-state index < -0.39 is 91.8 Å². The van der Waals surface area contributed by atoms with E-state index in [2.05, 4.69) is 20.4 Å². The van der Waals surface area contributed by atoms with Crippen LogP contribution in [0, 0.1) is 0 Å². The van der Waals surface area contributed by atoms with Crippen LogP contribution in [0.4, 0.5) is 16.3 Å². The lowest BCUT2D eigenvalue weighted by molar-refractivity contribution is -0.306. The Kier molecular flexibility index (Phi) is 10.6. The molecular formula is C18H30N4O13. The summed E-state index contributed by atoms with van der Waals surface area (Å²) in [6.07, 6.45) is -14.2. The number of H-pyrrole nitrogens is 2. The molecule has 8 atom stereocenters. The number of hydrogen-bond donors (Lipinski definition) is 11. The maximum atomic E-state index is 12.0. The van der Waals surface area contributed by atoms with Gasteiger partial charge in [0.05, 0.1) is 25.9 Å². The van der Waals surface area contributed by atoms with Crippen LogP contribution in [-0.4, -0.2) is 127 Å². The molecule has 11 N–H and O–H groups in total. The Hall–Kier alpha value is -2.61. The van der Waals surface area contributed by atoms with Gasteiger partial charge in [-0.25, -0.2) is 9.59 Å². The van der Waals surface area contributed by atoms with Crippen molar-refractivity contribution < 1.29 is 54.8 Å². The molecule has 17 heteroatoms. The summed E-state index contributed by atoms with van der Waals surface area (Å²) in [7, 11) is 0. The highest BCUT2D eigenvalue weighted by Gasteiger charge is 2.44. The number of aliphatic hydroxyl groups is 7. The van der Waals surface area contributed by atoms with Gasteiger partial charge in [-0.3, -0.25) is 20.1 Å². The molecule has 35 heavy (non-hydrogen) atoms. The first kappa shape index (κ1) is 28.6. The second-order valence-corrected chi connectivity index (χ2v) is 7.54. The largest absolute Gasteiger partial charge is 0.450 e. The van der Waals surface area contributed by atoms with Crippen LogP contribution in [0.25, 0.3) is 0 Å². The van der Waals surface area contributed by atoms with E-state index in [9.17, 15) is 45.0 Å². The van der Waals surface area contributed by atoms with E-state index in [0.717, 1.165) is 0 Å².